The molecule has 0 bridgehead atoms. The fraction of sp³-hybridized carbons (Fsp3) is 0.727. The van der Waals surface area contributed by atoms with Gasteiger partial charge in [-0.15, -0.1) is 11.6 Å². The lowest BCUT2D eigenvalue weighted by molar-refractivity contribution is 0.390. The highest BCUT2D eigenvalue weighted by Gasteiger charge is 2.29. The number of nitrogens with one attached hydrogen (secondary N) is 1. The number of aryl methyl sites for hydroxylation is 1. The van der Waals surface area contributed by atoms with E-state index in [1.54, 1.807) is 4.57 Å². The summed E-state index contributed by atoms with van der Waals surface area (Å²) < 4.78 is 28.8. The molecule has 1 aromatic rings. The number of nitrogens with zero attached hydrogens (tertiary/aromatic N) is 2. The summed E-state index contributed by atoms with van der Waals surface area (Å²) in [5, 5.41) is 0.0543. The molecular formula is C11H20ClN3O2S. The lowest BCUT2D eigenvalue weighted by Crippen LogP contribution is -2.45. The summed E-state index contributed by atoms with van der Waals surface area (Å²) >= 11 is 5.71. The van der Waals surface area contributed by atoms with Gasteiger partial charge in [-0.05, 0) is 26.7 Å². The van der Waals surface area contributed by atoms with Crippen molar-refractivity contribution >= 4 is 21.6 Å². The Bertz CT molecular complexity index is 486. The average molecular weight is 294 g/mol. The van der Waals surface area contributed by atoms with Crippen molar-refractivity contribution in [1.82, 2.24) is 14.3 Å². The summed E-state index contributed by atoms with van der Waals surface area (Å²) in [6, 6.07) is 0. The van der Waals surface area contributed by atoms with Crippen LogP contribution in [0.5, 0.6) is 0 Å². The van der Waals surface area contributed by atoms with Gasteiger partial charge in [0, 0.05) is 24.2 Å². The number of imidazole rings is 1. The summed E-state index contributed by atoms with van der Waals surface area (Å²) in [6.07, 6.45) is 4.30. The number of hydrogen-bond acceptors (Lipinski definition) is 3. The van der Waals surface area contributed by atoms with Gasteiger partial charge in [0.1, 0.15) is 0 Å². The van der Waals surface area contributed by atoms with Crippen molar-refractivity contribution in [2.45, 2.75) is 50.7 Å². The Morgan fingerprint density at radius 2 is 2.17 bits per heavy atom. The van der Waals surface area contributed by atoms with E-state index in [1.807, 2.05) is 20.8 Å². The number of alkyl halides is 1. The zero-order chi connectivity index (χ0) is 13.8. The van der Waals surface area contributed by atoms with E-state index in [4.69, 9.17) is 11.6 Å². The second kappa shape index (κ2) is 6.04. The Morgan fingerprint density at radius 3 is 2.61 bits per heavy atom. The molecule has 0 saturated heterocycles. The minimum Gasteiger partial charge on any atom is -0.336 e. The fourth-order valence-electron chi connectivity index (χ4n) is 1.54. The molecule has 0 aliphatic heterocycles. The molecule has 18 heavy (non-hydrogen) atoms. The van der Waals surface area contributed by atoms with Gasteiger partial charge in [-0.2, -0.15) is 0 Å². The smallest absolute Gasteiger partial charge is 0.260 e. The predicted molar refractivity (Wildman–Crippen MR) is 72.3 cm³/mol. The first kappa shape index (κ1) is 15.5. The summed E-state index contributed by atoms with van der Waals surface area (Å²) in [5.41, 5.74) is -0.531. The molecule has 0 radical (unpaired) electrons. The Hall–Kier alpha value is -0.590. The number of hydrogen-bond donors (Lipinski definition) is 1. The van der Waals surface area contributed by atoms with Crippen LogP contribution in [0.2, 0.25) is 0 Å². The zero-order valence-electron chi connectivity index (χ0n) is 11.0. The van der Waals surface area contributed by atoms with E-state index >= 15 is 0 Å². The molecule has 1 unspecified atom stereocenters. The molecular weight excluding hydrogens is 274 g/mol. The van der Waals surface area contributed by atoms with Crippen LogP contribution in [0.4, 0.5) is 0 Å². The third kappa shape index (κ3) is 3.70. The van der Waals surface area contributed by atoms with E-state index < -0.39 is 15.6 Å². The van der Waals surface area contributed by atoms with E-state index in [9.17, 15) is 8.42 Å². The first-order valence-corrected chi connectivity index (χ1v) is 8.00. The molecule has 1 atom stereocenters. The molecule has 1 heterocycles. The quantitative estimate of drug-likeness (QED) is 0.782. The normalized spacial score (nSPS) is 15.6. The highest BCUT2D eigenvalue weighted by atomic mass is 35.5. The highest BCUT2D eigenvalue weighted by molar-refractivity contribution is 7.89. The summed E-state index contributed by atoms with van der Waals surface area (Å²) in [5.74, 6) is 0.413. The van der Waals surface area contributed by atoms with Crippen LogP contribution in [0, 0.1) is 0 Å². The van der Waals surface area contributed by atoms with Gasteiger partial charge in [0.05, 0.1) is 6.33 Å². The van der Waals surface area contributed by atoms with Gasteiger partial charge in [-0.25, -0.2) is 18.1 Å². The first-order valence-electron chi connectivity index (χ1n) is 5.98. The van der Waals surface area contributed by atoms with Gasteiger partial charge in [-0.1, -0.05) is 6.92 Å². The van der Waals surface area contributed by atoms with E-state index in [-0.39, 0.29) is 5.03 Å². The maximum absolute atomic E-state index is 12.2. The zero-order valence-corrected chi connectivity index (χ0v) is 12.6. The molecule has 0 spiro atoms. The molecule has 5 nitrogen and oxygen atoms in total. The second-order valence-corrected chi connectivity index (χ2v) is 6.51. The number of sulfonamides is 1. The Morgan fingerprint density at radius 1 is 1.50 bits per heavy atom. The third-order valence-corrected chi connectivity index (χ3v) is 4.77. The predicted octanol–water partition coefficient (Wildman–Crippen LogP) is 1.98. The number of halogens is 1. The van der Waals surface area contributed by atoms with Gasteiger partial charge >= 0.3 is 0 Å². The number of aromatic nitrogens is 2. The van der Waals surface area contributed by atoms with Crippen molar-refractivity contribution in [2.24, 2.45) is 0 Å². The van der Waals surface area contributed by atoms with E-state index in [1.165, 1.54) is 12.5 Å². The molecule has 104 valence electrons. The van der Waals surface area contributed by atoms with Crippen molar-refractivity contribution in [3.05, 3.63) is 12.5 Å². The van der Waals surface area contributed by atoms with Gasteiger partial charge in [0.25, 0.3) is 10.0 Å². The maximum Gasteiger partial charge on any atom is 0.260 e. The molecule has 0 amide bonds. The van der Waals surface area contributed by atoms with E-state index in [2.05, 4.69) is 9.71 Å². The van der Waals surface area contributed by atoms with Crippen LogP contribution in [0.1, 0.15) is 33.6 Å². The second-order valence-electron chi connectivity index (χ2n) is 4.50. The third-order valence-electron chi connectivity index (χ3n) is 3.06. The van der Waals surface area contributed by atoms with Crippen molar-refractivity contribution in [2.75, 3.05) is 5.88 Å². The van der Waals surface area contributed by atoms with Gasteiger partial charge in [-0.3, -0.25) is 0 Å². The molecule has 0 saturated carbocycles. The molecule has 1 rings (SSSR count). The van der Waals surface area contributed by atoms with Crippen molar-refractivity contribution < 1.29 is 8.42 Å². The Kier molecular flexibility index (Phi) is 5.19. The van der Waals surface area contributed by atoms with E-state index in [0.29, 0.717) is 25.3 Å². The molecule has 0 aliphatic carbocycles. The summed E-state index contributed by atoms with van der Waals surface area (Å²) in [7, 11) is -3.58. The Balaban J connectivity index is 2.93. The van der Waals surface area contributed by atoms with E-state index in [0.717, 1.165) is 0 Å². The molecule has 1 N–H and O–H groups in total. The molecule has 7 heteroatoms. The topological polar surface area (TPSA) is 64.0 Å². The van der Waals surface area contributed by atoms with Crippen LogP contribution in [-0.4, -0.2) is 29.4 Å². The fourth-order valence-corrected chi connectivity index (χ4v) is 3.41. The van der Waals surface area contributed by atoms with Crippen LogP contribution in [0.3, 0.4) is 0 Å². The van der Waals surface area contributed by atoms with Crippen molar-refractivity contribution in [3.63, 3.8) is 0 Å². The lowest BCUT2D eigenvalue weighted by Gasteiger charge is -2.27. The monoisotopic (exact) mass is 293 g/mol. The molecule has 0 aromatic carbocycles. The number of rotatable bonds is 7. The van der Waals surface area contributed by atoms with Crippen molar-refractivity contribution in [1.29, 1.82) is 0 Å². The maximum atomic E-state index is 12.2. The standard InChI is InChI=1S/C11H20ClN3O2S/c1-4-11(3,6-7-12)14-18(16,17)10-8-15(5-2)9-13-10/h8-9,14H,4-7H2,1-3H3. The van der Waals surface area contributed by atoms with Gasteiger partial charge in [0.15, 0.2) is 5.03 Å². The SMILES string of the molecule is CCn1cnc(S(=O)(=O)NC(C)(CC)CCCl)c1. The minimum atomic E-state index is -3.58. The first-order chi connectivity index (χ1) is 8.37. The van der Waals surface area contributed by atoms with Crippen LogP contribution >= 0.6 is 11.6 Å². The molecule has 1 aromatic heterocycles. The highest BCUT2D eigenvalue weighted by Crippen LogP contribution is 2.19. The summed E-state index contributed by atoms with van der Waals surface area (Å²) in [6.45, 7) is 6.40. The van der Waals surface area contributed by atoms with Gasteiger partial charge in [0.2, 0.25) is 0 Å². The van der Waals surface area contributed by atoms with Crippen LogP contribution in [0.15, 0.2) is 17.6 Å². The largest absolute Gasteiger partial charge is 0.336 e. The van der Waals surface area contributed by atoms with Crippen molar-refractivity contribution in [3.8, 4) is 0 Å². The lowest BCUT2D eigenvalue weighted by atomic mass is 9.97. The van der Waals surface area contributed by atoms with Crippen LogP contribution < -0.4 is 4.72 Å². The Labute approximate surface area is 114 Å². The van der Waals surface area contributed by atoms with Crippen LogP contribution in [0.25, 0.3) is 0 Å². The average Bonchev–Trinajstić information content (AvgIpc) is 2.78. The van der Waals surface area contributed by atoms with Gasteiger partial charge < -0.3 is 4.57 Å². The molecule has 0 fully saturated rings. The molecule has 0 aliphatic rings. The minimum absolute atomic E-state index is 0.0543. The summed E-state index contributed by atoms with van der Waals surface area (Å²) in [4.78, 5) is 3.92. The van der Waals surface area contributed by atoms with Crippen LogP contribution in [-0.2, 0) is 16.6 Å².